The summed E-state index contributed by atoms with van der Waals surface area (Å²) in [6.45, 7) is 1.41. The molecule has 0 aliphatic rings. The molecule has 2 N–H and O–H groups in total. The standard InChI is InChI=1S/C12H13N3O3S/c1-7(11(17)18)13-10(16)9-8-5-3-4-6-15(8)12(14-9)19-2/h3-7H,1-2H3,(H,13,16)(H,17,18)/t7-/m0/s1. The summed E-state index contributed by atoms with van der Waals surface area (Å²) in [6, 6.07) is 4.47. The lowest BCUT2D eigenvalue weighted by atomic mass is 10.3. The van der Waals surface area contributed by atoms with E-state index < -0.39 is 17.9 Å². The highest BCUT2D eigenvalue weighted by molar-refractivity contribution is 7.98. The Balaban J connectivity index is 2.40. The molecule has 19 heavy (non-hydrogen) atoms. The third-order valence-electron chi connectivity index (χ3n) is 2.63. The van der Waals surface area contributed by atoms with Crippen molar-refractivity contribution in [1.29, 1.82) is 0 Å². The number of carbonyl (C=O) groups excluding carboxylic acids is 1. The van der Waals surface area contributed by atoms with Crippen molar-refractivity contribution in [2.24, 2.45) is 0 Å². The van der Waals surface area contributed by atoms with Gasteiger partial charge in [-0.1, -0.05) is 17.8 Å². The number of hydrogen-bond acceptors (Lipinski definition) is 4. The summed E-state index contributed by atoms with van der Waals surface area (Å²) >= 11 is 1.42. The second-order valence-electron chi connectivity index (χ2n) is 3.94. The first-order chi connectivity index (χ1) is 9.04. The van der Waals surface area contributed by atoms with Gasteiger partial charge in [-0.15, -0.1) is 0 Å². The van der Waals surface area contributed by atoms with Gasteiger partial charge in [-0.25, -0.2) is 4.98 Å². The SMILES string of the molecule is CSc1nc(C(=O)N[C@@H](C)C(=O)O)c2ccccn12. The lowest BCUT2D eigenvalue weighted by molar-refractivity contribution is -0.138. The minimum Gasteiger partial charge on any atom is -0.480 e. The number of amides is 1. The van der Waals surface area contributed by atoms with Crippen LogP contribution < -0.4 is 5.32 Å². The molecule has 7 heteroatoms. The fourth-order valence-electron chi connectivity index (χ4n) is 1.65. The molecule has 0 aliphatic carbocycles. The predicted octanol–water partition coefficient (Wildman–Crippen LogP) is 1.26. The molecule has 2 aromatic heterocycles. The van der Waals surface area contributed by atoms with Crippen molar-refractivity contribution in [1.82, 2.24) is 14.7 Å². The molecule has 1 amide bonds. The van der Waals surface area contributed by atoms with E-state index in [1.807, 2.05) is 18.5 Å². The monoisotopic (exact) mass is 279 g/mol. The molecular weight excluding hydrogens is 266 g/mol. The molecule has 100 valence electrons. The molecule has 0 saturated heterocycles. The molecule has 0 spiro atoms. The summed E-state index contributed by atoms with van der Waals surface area (Å²) in [4.78, 5) is 27.0. The Kier molecular flexibility index (Phi) is 3.75. The number of hydrogen-bond donors (Lipinski definition) is 2. The molecular formula is C12H13N3O3S. The number of aromatic nitrogens is 2. The van der Waals surface area contributed by atoms with E-state index in [2.05, 4.69) is 10.3 Å². The number of nitrogens with one attached hydrogen (secondary N) is 1. The summed E-state index contributed by atoms with van der Waals surface area (Å²) in [5.41, 5.74) is 0.889. The van der Waals surface area contributed by atoms with E-state index in [9.17, 15) is 9.59 Å². The highest BCUT2D eigenvalue weighted by Crippen LogP contribution is 2.19. The third-order valence-corrected chi connectivity index (χ3v) is 3.28. The first-order valence-electron chi connectivity index (χ1n) is 5.59. The lowest BCUT2D eigenvalue weighted by Crippen LogP contribution is -2.38. The number of carboxylic acid groups (broad SMARTS) is 1. The van der Waals surface area contributed by atoms with Gasteiger partial charge in [0.15, 0.2) is 10.9 Å². The van der Waals surface area contributed by atoms with E-state index in [1.54, 1.807) is 16.5 Å². The van der Waals surface area contributed by atoms with Gasteiger partial charge < -0.3 is 10.4 Å². The summed E-state index contributed by atoms with van der Waals surface area (Å²) in [6.07, 6.45) is 3.68. The number of pyridine rings is 1. The number of carboxylic acids is 1. The van der Waals surface area contributed by atoms with Crippen LogP contribution in [0.2, 0.25) is 0 Å². The molecule has 2 rings (SSSR count). The maximum Gasteiger partial charge on any atom is 0.325 e. The van der Waals surface area contributed by atoms with Gasteiger partial charge in [0, 0.05) is 6.20 Å². The van der Waals surface area contributed by atoms with Gasteiger partial charge in [-0.2, -0.15) is 0 Å². The number of aliphatic carboxylic acids is 1. The maximum atomic E-state index is 12.0. The zero-order chi connectivity index (χ0) is 14.0. The van der Waals surface area contributed by atoms with Gasteiger partial charge in [0.25, 0.3) is 5.91 Å². The highest BCUT2D eigenvalue weighted by atomic mass is 32.2. The predicted molar refractivity (Wildman–Crippen MR) is 71.5 cm³/mol. The number of imidazole rings is 1. The molecule has 0 bridgehead atoms. The Hall–Kier alpha value is -2.02. The quantitative estimate of drug-likeness (QED) is 0.823. The van der Waals surface area contributed by atoms with Crippen LogP contribution in [0.5, 0.6) is 0 Å². The average Bonchev–Trinajstić information content (AvgIpc) is 2.77. The fraction of sp³-hybridized carbons (Fsp3) is 0.250. The number of thioether (sulfide) groups is 1. The van der Waals surface area contributed by atoms with Crippen LogP contribution in [-0.4, -0.2) is 38.7 Å². The zero-order valence-corrected chi connectivity index (χ0v) is 11.3. The topological polar surface area (TPSA) is 83.7 Å². The van der Waals surface area contributed by atoms with Gasteiger partial charge in [0.05, 0.1) is 5.52 Å². The molecule has 0 fully saturated rings. The molecule has 0 aromatic carbocycles. The largest absolute Gasteiger partial charge is 0.480 e. The van der Waals surface area contributed by atoms with Crippen LogP contribution >= 0.6 is 11.8 Å². The normalized spacial score (nSPS) is 12.3. The van der Waals surface area contributed by atoms with Crippen molar-refractivity contribution in [2.45, 2.75) is 18.1 Å². The minimum atomic E-state index is -1.08. The number of fused-ring (bicyclic) bond motifs is 1. The van der Waals surface area contributed by atoms with Crippen LogP contribution in [0.4, 0.5) is 0 Å². The Morgan fingerprint density at radius 3 is 2.84 bits per heavy atom. The minimum absolute atomic E-state index is 0.234. The summed E-state index contributed by atoms with van der Waals surface area (Å²) < 4.78 is 1.80. The molecule has 2 heterocycles. The number of carbonyl (C=O) groups is 2. The Morgan fingerprint density at radius 2 is 2.21 bits per heavy atom. The van der Waals surface area contributed by atoms with Crippen molar-refractivity contribution in [3.63, 3.8) is 0 Å². The van der Waals surface area contributed by atoms with Crippen molar-refractivity contribution in [3.05, 3.63) is 30.1 Å². The van der Waals surface area contributed by atoms with Gasteiger partial charge in [0.2, 0.25) is 0 Å². The summed E-state index contributed by atoms with van der Waals surface area (Å²) in [5.74, 6) is -1.57. The number of nitrogens with zero attached hydrogens (tertiary/aromatic N) is 2. The molecule has 2 aromatic rings. The second-order valence-corrected chi connectivity index (χ2v) is 4.71. The average molecular weight is 279 g/mol. The molecule has 0 aliphatic heterocycles. The van der Waals surface area contributed by atoms with Crippen LogP contribution in [-0.2, 0) is 4.79 Å². The van der Waals surface area contributed by atoms with Gasteiger partial charge in [0.1, 0.15) is 6.04 Å². The summed E-state index contributed by atoms with van der Waals surface area (Å²) in [5, 5.41) is 11.9. The van der Waals surface area contributed by atoms with E-state index in [0.717, 1.165) is 0 Å². The van der Waals surface area contributed by atoms with Crippen LogP contribution in [0, 0.1) is 0 Å². The van der Waals surface area contributed by atoms with E-state index in [1.165, 1.54) is 18.7 Å². The molecule has 6 nitrogen and oxygen atoms in total. The van der Waals surface area contributed by atoms with E-state index in [-0.39, 0.29) is 5.69 Å². The first kappa shape index (κ1) is 13.4. The zero-order valence-electron chi connectivity index (χ0n) is 10.5. The first-order valence-corrected chi connectivity index (χ1v) is 6.81. The van der Waals surface area contributed by atoms with Crippen LogP contribution in [0.3, 0.4) is 0 Å². The van der Waals surface area contributed by atoms with Gasteiger partial charge in [-0.05, 0) is 25.3 Å². The summed E-state index contributed by atoms with van der Waals surface area (Å²) in [7, 11) is 0. The Bertz CT molecular complexity index is 638. The third kappa shape index (κ3) is 2.55. The number of rotatable bonds is 4. The Labute approximate surface area is 113 Å². The van der Waals surface area contributed by atoms with Gasteiger partial charge >= 0.3 is 5.97 Å². The van der Waals surface area contributed by atoms with Crippen LogP contribution in [0.15, 0.2) is 29.6 Å². The van der Waals surface area contributed by atoms with E-state index >= 15 is 0 Å². The Morgan fingerprint density at radius 1 is 1.47 bits per heavy atom. The molecule has 0 saturated carbocycles. The molecule has 1 atom stereocenters. The molecule has 0 unspecified atom stereocenters. The van der Waals surface area contributed by atoms with Crippen molar-refractivity contribution in [2.75, 3.05) is 6.26 Å². The second kappa shape index (κ2) is 5.31. The van der Waals surface area contributed by atoms with Crippen molar-refractivity contribution < 1.29 is 14.7 Å². The lowest BCUT2D eigenvalue weighted by Gasteiger charge is -2.07. The maximum absolute atomic E-state index is 12.0. The fourth-order valence-corrected chi connectivity index (χ4v) is 2.19. The van der Waals surface area contributed by atoms with E-state index in [0.29, 0.717) is 10.7 Å². The smallest absolute Gasteiger partial charge is 0.325 e. The van der Waals surface area contributed by atoms with Gasteiger partial charge in [-0.3, -0.25) is 14.0 Å². The van der Waals surface area contributed by atoms with Crippen molar-refractivity contribution in [3.8, 4) is 0 Å². The molecule has 0 radical (unpaired) electrons. The van der Waals surface area contributed by atoms with Crippen LogP contribution in [0.1, 0.15) is 17.4 Å². The van der Waals surface area contributed by atoms with Crippen molar-refractivity contribution >= 4 is 29.2 Å². The van der Waals surface area contributed by atoms with E-state index in [4.69, 9.17) is 5.11 Å². The highest BCUT2D eigenvalue weighted by Gasteiger charge is 2.20. The van der Waals surface area contributed by atoms with Crippen LogP contribution in [0.25, 0.3) is 5.52 Å².